The molecule has 7 nitrogen and oxygen atoms in total. The standard InChI is InChI=1S/C14H16N4O3/c19-13(20)5-4-10-2-1-3-11(8-10)18-14(21)17-9-12-15-6-7-16-12/h1-3,6-8H,4-5,9H2,(H,15,16)(H,19,20)(H2,17,18,21). The van der Waals surface area contributed by atoms with Crippen molar-refractivity contribution in [3.05, 3.63) is 48.0 Å². The highest BCUT2D eigenvalue weighted by Crippen LogP contribution is 2.12. The zero-order valence-corrected chi connectivity index (χ0v) is 11.3. The van der Waals surface area contributed by atoms with Crippen LogP contribution in [0.3, 0.4) is 0 Å². The van der Waals surface area contributed by atoms with E-state index in [1.807, 2.05) is 6.07 Å². The first kappa shape index (κ1) is 14.6. The fourth-order valence-electron chi connectivity index (χ4n) is 1.79. The smallest absolute Gasteiger partial charge is 0.319 e. The number of amides is 2. The van der Waals surface area contributed by atoms with Crippen LogP contribution in [0.5, 0.6) is 0 Å². The molecule has 2 aromatic rings. The molecule has 0 unspecified atom stereocenters. The maximum Gasteiger partial charge on any atom is 0.319 e. The van der Waals surface area contributed by atoms with Crippen LogP contribution in [0.25, 0.3) is 0 Å². The molecule has 0 atom stereocenters. The average Bonchev–Trinajstić information content (AvgIpc) is 2.97. The number of rotatable bonds is 6. The third-order valence-corrected chi connectivity index (χ3v) is 2.78. The summed E-state index contributed by atoms with van der Waals surface area (Å²) in [4.78, 5) is 29.2. The molecule has 0 aliphatic rings. The van der Waals surface area contributed by atoms with E-state index in [2.05, 4.69) is 20.6 Å². The van der Waals surface area contributed by atoms with Gasteiger partial charge < -0.3 is 20.7 Å². The van der Waals surface area contributed by atoms with Gasteiger partial charge in [0, 0.05) is 24.5 Å². The Hall–Kier alpha value is -2.83. The molecule has 1 aromatic heterocycles. The number of urea groups is 1. The Bertz CT molecular complexity index is 610. The second-order valence-corrected chi connectivity index (χ2v) is 4.44. The molecule has 110 valence electrons. The van der Waals surface area contributed by atoms with E-state index in [0.717, 1.165) is 5.56 Å². The van der Waals surface area contributed by atoms with Gasteiger partial charge >= 0.3 is 12.0 Å². The third kappa shape index (κ3) is 4.98. The Labute approximate surface area is 121 Å². The van der Waals surface area contributed by atoms with Crippen molar-refractivity contribution in [3.8, 4) is 0 Å². The second-order valence-electron chi connectivity index (χ2n) is 4.44. The summed E-state index contributed by atoms with van der Waals surface area (Å²) in [6, 6.07) is 6.77. The Morgan fingerprint density at radius 3 is 2.90 bits per heavy atom. The number of hydrogen-bond donors (Lipinski definition) is 4. The number of aromatic amines is 1. The minimum atomic E-state index is -0.843. The third-order valence-electron chi connectivity index (χ3n) is 2.78. The molecule has 0 aliphatic heterocycles. The van der Waals surface area contributed by atoms with Crippen LogP contribution in [0.15, 0.2) is 36.7 Å². The number of aromatic nitrogens is 2. The molecule has 4 N–H and O–H groups in total. The number of carboxylic acids is 1. The topological polar surface area (TPSA) is 107 Å². The normalized spacial score (nSPS) is 10.1. The van der Waals surface area contributed by atoms with Gasteiger partial charge in [0.15, 0.2) is 0 Å². The largest absolute Gasteiger partial charge is 0.481 e. The molecule has 21 heavy (non-hydrogen) atoms. The first-order valence-corrected chi connectivity index (χ1v) is 6.47. The van der Waals surface area contributed by atoms with Crippen molar-refractivity contribution >= 4 is 17.7 Å². The predicted molar refractivity (Wildman–Crippen MR) is 76.8 cm³/mol. The van der Waals surface area contributed by atoms with Crippen molar-refractivity contribution in [1.82, 2.24) is 15.3 Å². The van der Waals surface area contributed by atoms with Crippen molar-refractivity contribution in [1.29, 1.82) is 0 Å². The number of aliphatic carboxylic acids is 1. The lowest BCUT2D eigenvalue weighted by atomic mass is 10.1. The maximum absolute atomic E-state index is 11.7. The number of benzene rings is 1. The average molecular weight is 288 g/mol. The highest BCUT2D eigenvalue weighted by atomic mass is 16.4. The molecule has 0 radical (unpaired) electrons. The summed E-state index contributed by atoms with van der Waals surface area (Å²) in [5.74, 6) is -0.176. The molecule has 0 bridgehead atoms. The zero-order valence-electron chi connectivity index (χ0n) is 11.3. The highest BCUT2D eigenvalue weighted by Gasteiger charge is 2.04. The molecule has 0 spiro atoms. The molecule has 7 heteroatoms. The van der Waals surface area contributed by atoms with Gasteiger partial charge in [-0.05, 0) is 24.1 Å². The Kier molecular flexibility index (Phi) is 4.92. The number of carbonyl (C=O) groups is 2. The van der Waals surface area contributed by atoms with Gasteiger partial charge in [0.1, 0.15) is 5.82 Å². The molecule has 1 heterocycles. The van der Waals surface area contributed by atoms with Crippen molar-refractivity contribution in [3.63, 3.8) is 0 Å². The maximum atomic E-state index is 11.7. The molecule has 1 aromatic carbocycles. The summed E-state index contributed by atoms with van der Waals surface area (Å²) < 4.78 is 0. The van der Waals surface area contributed by atoms with Crippen LogP contribution in [0, 0.1) is 0 Å². The molecule has 0 aliphatic carbocycles. The van der Waals surface area contributed by atoms with Gasteiger partial charge in [-0.15, -0.1) is 0 Å². The first-order chi connectivity index (χ1) is 10.1. The van der Waals surface area contributed by atoms with Gasteiger partial charge in [0.2, 0.25) is 0 Å². The van der Waals surface area contributed by atoms with E-state index in [-0.39, 0.29) is 12.5 Å². The molecule has 0 saturated heterocycles. The zero-order chi connectivity index (χ0) is 15.1. The van der Waals surface area contributed by atoms with Gasteiger partial charge in [-0.1, -0.05) is 12.1 Å². The van der Waals surface area contributed by atoms with Crippen LogP contribution >= 0.6 is 0 Å². The van der Waals surface area contributed by atoms with Gasteiger partial charge in [-0.2, -0.15) is 0 Å². The van der Waals surface area contributed by atoms with E-state index in [1.54, 1.807) is 30.6 Å². The van der Waals surface area contributed by atoms with E-state index in [9.17, 15) is 9.59 Å². The van der Waals surface area contributed by atoms with E-state index >= 15 is 0 Å². The fourth-order valence-corrected chi connectivity index (χ4v) is 1.79. The van der Waals surface area contributed by atoms with Crippen LogP contribution in [-0.2, 0) is 17.8 Å². The minimum absolute atomic E-state index is 0.0636. The Morgan fingerprint density at radius 2 is 2.19 bits per heavy atom. The Morgan fingerprint density at radius 1 is 1.33 bits per heavy atom. The number of aryl methyl sites for hydroxylation is 1. The molecule has 2 rings (SSSR count). The molecular formula is C14H16N4O3. The van der Waals surface area contributed by atoms with Gasteiger partial charge in [0.05, 0.1) is 6.54 Å². The van der Waals surface area contributed by atoms with Gasteiger partial charge in [0.25, 0.3) is 0 Å². The summed E-state index contributed by atoms with van der Waals surface area (Å²) in [6.45, 7) is 0.303. The first-order valence-electron chi connectivity index (χ1n) is 6.47. The van der Waals surface area contributed by atoms with Gasteiger partial charge in [-0.25, -0.2) is 9.78 Å². The molecule has 0 fully saturated rings. The molecule has 0 saturated carbocycles. The molecule has 2 amide bonds. The fraction of sp³-hybridized carbons (Fsp3) is 0.214. The summed E-state index contributed by atoms with van der Waals surface area (Å²) >= 11 is 0. The van der Waals surface area contributed by atoms with Crippen molar-refractivity contribution in [2.75, 3.05) is 5.32 Å². The monoisotopic (exact) mass is 288 g/mol. The number of hydrogen-bond acceptors (Lipinski definition) is 3. The van der Waals surface area contributed by atoms with Crippen LogP contribution in [0.4, 0.5) is 10.5 Å². The van der Waals surface area contributed by atoms with Crippen LogP contribution in [0.2, 0.25) is 0 Å². The summed E-state index contributed by atoms with van der Waals surface area (Å²) in [5.41, 5.74) is 1.48. The Balaban J connectivity index is 1.85. The number of carboxylic acid groups (broad SMARTS) is 1. The quantitative estimate of drug-likeness (QED) is 0.649. The summed E-state index contributed by atoms with van der Waals surface area (Å²) in [5, 5.41) is 14.0. The van der Waals surface area contributed by atoms with Crippen molar-refractivity contribution in [2.24, 2.45) is 0 Å². The van der Waals surface area contributed by atoms with E-state index in [0.29, 0.717) is 24.5 Å². The lowest BCUT2D eigenvalue weighted by Crippen LogP contribution is -2.28. The van der Waals surface area contributed by atoms with Gasteiger partial charge in [-0.3, -0.25) is 4.79 Å². The number of anilines is 1. The lowest BCUT2D eigenvalue weighted by molar-refractivity contribution is -0.136. The van der Waals surface area contributed by atoms with Crippen molar-refractivity contribution < 1.29 is 14.7 Å². The summed E-state index contributed by atoms with van der Waals surface area (Å²) in [6.07, 6.45) is 3.79. The second kappa shape index (κ2) is 7.09. The molecular weight excluding hydrogens is 272 g/mol. The highest BCUT2D eigenvalue weighted by molar-refractivity contribution is 5.89. The predicted octanol–water partition coefficient (Wildman–Crippen LogP) is 1.75. The SMILES string of the molecule is O=C(O)CCc1cccc(NC(=O)NCc2ncc[nH]2)c1. The van der Waals surface area contributed by atoms with E-state index in [4.69, 9.17) is 5.11 Å². The number of H-pyrrole nitrogens is 1. The lowest BCUT2D eigenvalue weighted by Gasteiger charge is -2.08. The number of imidazole rings is 1. The van der Waals surface area contributed by atoms with E-state index in [1.165, 1.54) is 0 Å². The van der Waals surface area contributed by atoms with Crippen LogP contribution in [0.1, 0.15) is 17.8 Å². The van der Waals surface area contributed by atoms with Crippen LogP contribution in [-0.4, -0.2) is 27.1 Å². The number of carbonyl (C=O) groups excluding carboxylic acids is 1. The van der Waals surface area contributed by atoms with Crippen LogP contribution < -0.4 is 10.6 Å². The number of nitrogens with one attached hydrogen (secondary N) is 3. The number of nitrogens with zero attached hydrogens (tertiary/aromatic N) is 1. The summed E-state index contributed by atoms with van der Waals surface area (Å²) in [7, 11) is 0. The minimum Gasteiger partial charge on any atom is -0.481 e. The van der Waals surface area contributed by atoms with E-state index < -0.39 is 5.97 Å². The van der Waals surface area contributed by atoms with Crippen molar-refractivity contribution in [2.45, 2.75) is 19.4 Å².